The smallest absolute Gasteiger partial charge is 0.222 e. The van der Waals surface area contributed by atoms with E-state index in [1.54, 1.807) is 6.92 Å². The number of rotatable bonds is 6. The third kappa shape index (κ3) is 7.78. The minimum Gasteiger partial charge on any atom is -0.393 e. The molecule has 0 spiro atoms. The van der Waals surface area contributed by atoms with E-state index in [0.29, 0.717) is 5.92 Å². The number of nitrogens with one attached hydrogen (secondary N) is 1. The van der Waals surface area contributed by atoms with E-state index in [1.807, 2.05) is 0 Å². The van der Waals surface area contributed by atoms with Crippen LogP contribution in [0.15, 0.2) is 0 Å². The zero-order chi connectivity index (χ0) is 10.3. The molecule has 0 aliphatic heterocycles. The second-order valence-electron chi connectivity index (χ2n) is 3.71. The molecule has 0 aliphatic carbocycles. The first-order valence-corrected chi connectivity index (χ1v) is 5.01. The summed E-state index contributed by atoms with van der Waals surface area (Å²) in [5, 5.41) is 11.7. The molecule has 0 aromatic rings. The topological polar surface area (TPSA) is 49.3 Å². The Bertz CT molecular complexity index is 146. The van der Waals surface area contributed by atoms with Crippen LogP contribution in [0, 0.1) is 5.92 Å². The van der Waals surface area contributed by atoms with Gasteiger partial charge in [-0.2, -0.15) is 0 Å². The van der Waals surface area contributed by atoms with Crippen LogP contribution in [-0.4, -0.2) is 23.7 Å². The lowest BCUT2D eigenvalue weighted by Crippen LogP contribution is -2.28. The molecule has 3 nitrogen and oxygen atoms in total. The largest absolute Gasteiger partial charge is 0.393 e. The van der Waals surface area contributed by atoms with E-state index in [1.165, 1.54) is 0 Å². The highest BCUT2D eigenvalue weighted by Gasteiger charge is 2.05. The molecule has 2 atom stereocenters. The van der Waals surface area contributed by atoms with Crippen molar-refractivity contribution in [3.8, 4) is 0 Å². The summed E-state index contributed by atoms with van der Waals surface area (Å²) in [5.41, 5.74) is 0. The Hall–Kier alpha value is -0.570. The Morgan fingerprint density at radius 2 is 2.08 bits per heavy atom. The highest BCUT2D eigenvalue weighted by Crippen LogP contribution is 2.04. The van der Waals surface area contributed by atoms with Crippen molar-refractivity contribution in [2.75, 3.05) is 6.54 Å². The van der Waals surface area contributed by atoms with Gasteiger partial charge in [0.25, 0.3) is 0 Å². The maximum absolute atomic E-state index is 11.1. The number of hydrogen-bond donors (Lipinski definition) is 2. The summed E-state index contributed by atoms with van der Waals surface area (Å²) in [6.07, 6.45) is 1.83. The van der Waals surface area contributed by atoms with Crippen molar-refractivity contribution in [1.82, 2.24) is 5.32 Å². The lowest BCUT2D eigenvalue weighted by atomic mass is 10.1. The zero-order valence-corrected chi connectivity index (χ0v) is 8.84. The van der Waals surface area contributed by atoms with Crippen LogP contribution in [0.25, 0.3) is 0 Å². The Balaban J connectivity index is 3.37. The van der Waals surface area contributed by atoms with Crippen molar-refractivity contribution in [3.63, 3.8) is 0 Å². The number of carbonyl (C=O) groups is 1. The Labute approximate surface area is 80.5 Å². The molecule has 3 heteroatoms. The van der Waals surface area contributed by atoms with Crippen molar-refractivity contribution < 1.29 is 9.90 Å². The summed E-state index contributed by atoms with van der Waals surface area (Å²) in [4.78, 5) is 11.1. The van der Waals surface area contributed by atoms with Crippen molar-refractivity contribution >= 4 is 5.91 Å². The molecule has 2 N–H and O–H groups in total. The lowest BCUT2D eigenvalue weighted by Gasteiger charge is -2.09. The van der Waals surface area contributed by atoms with Crippen molar-refractivity contribution in [2.45, 2.75) is 46.1 Å². The number of aliphatic hydroxyl groups excluding tert-OH is 1. The maximum atomic E-state index is 11.1. The van der Waals surface area contributed by atoms with Gasteiger partial charge in [0.2, 0.25) is 5.91 Å². The summed E-state index contributed by atoms with van der Waals surface area (Å²) < 4.78 is 0. The van der Waals surface area contributed by atoms with Crippen molar-refractivity contribution in [3.05, 3.63) is 0 Å². The van der Waals surface area contributed by atoms with Crippen LogP contribution in [0.1, 0.15) is 40.0 Å². The summed E-state index contributed by atoms with van der Waals surface area (Å²) in [5.74, 6) is 0.602. The molecule has 0 radical (unpaired) electrons. The van der Waals surface area contributed by atoms with Gasteiger partial charge in [0, 0.05) is 6.54 Å². The molecule has 0 aromatic carbocycles. The van der Waals surface area contributed by atoms with Gasteiger partial charge in [-0.25, -0.2) is 0 Å². The van der Waals surface area contributed by atoms with Gasteiger partial charge in [0.15, 0.2) is 0 Å². The molecular formula is C10H21NO2. The average Bonchev–Trinajstić information content (AvgIpc) is 2.02. The molecule has 0 fully saturated rings. The Morgan fingerprint density at radius 3 is 2.54 bits per heavy atom. The standard InChI is InChI=1S/C10H21NO2/c1-4-8(2)5-6-11-10(13)7-9(3)12/h8-9,12H,4-7H2,1-3H3,(H,11,13). The molecule has 1 amide bonds. The molecular weight excluding hydrogens is 166 g/mol. The molecule has 0 heterocycles. The second kappa shape index (κ2) is 6.89. The van der Waals surface area contributed by atoms with Gasteiger partial charge < -0.3 is 10.4 Å². The highest BCUT2D eigenvalue weighted by molar-refractivity contribution is 5.76. The first-order chi connectivity index (χ1) is 6.06. The van der Waals surface area contributed by atoms with Crippen LogP contribution in [0.4, 0.5) is 0 Å². The lowest BCUT2D eigenvalue weighted by molar-refractivity contribution is -0.122. The Morgan fingerprint density at radius 1 is 1.46 bits per heavy atom. The highest BCUT2D eigenvalue weighted by atomic mass is 16.3. The SMILES string of the molecule is CCC(C)CCNC(=O)CC(C)O. The van der Waals surface area contributed by atoms with Crippen molar-refractivity contribution in [1.29, 1.82) is 0 Å². The number of hydrogen-bond acceptors (Lipinski definition) is 2. The number of aliphatic hydroxyl groups is 1. The molecule has 0 aliphatic rings. The predicted molar refractivity (Wildman–Crippen MR) is 53.4 cm³/mol. The normalized spacial score (nSPS) is 15.1. The number of amides is 1. The quantitative estimate of drug-likeness (QED) is 0.658. The predicted octanol–water partition coefficient (Wildman–Crippen LogP) is 1.31. The van der Waals surface area contributed by atoms with Crippen LogP contribution < -0.4 is 5.32 Å². The van der Waals surface area contributed by atoms with Gasteiger partial charge >= 0.3 is 0 Å². The van der Waals surface area contributed by atoms with E-state index >= 15 is 0 Å². The van der Waals surface area contributed by atoms with Gasteiger partial charge in [-0.1, -0.05) is 20.3 Å². The van der Waals surface area contributed by atoms with Crippen LogP contribution in [0.3, 0.4) is 0 Å². The first kappa shape index (κ1) is 12.4. The minimum absolute atomic E-state index is 0.0571. The van der Waals surface area contributed by atoms with E-state index in [0.717, 1.165) is 19.4 Å². The zero-order valence-electron chi connectivity index (χ0n) is 8.84. The van der Waals surface area contributed by atoms with E-state index in [9.17, 15) is 4.79 Å². The fraction of sp³-hybridized carbons (Fsp3) is 0.900. The third-order valence-electron chi connectivity index (χ3n) is 2.14. The first-order valence-electron chi connectivity index (χ1n) is 5.01. The van der Waals surface area contributed by atoms with Crippen LogP contribution in [-0.2, 0) is 4.79 Å². The molecule has 0 rings (SSSR count). The fourth-order valence-electron chi connectivity index (χ4n) is 1.00. The van der Waals surface area contributed by atoms with E-state index < -0.39 is 6.10 Å². The molecule has 0 saturated heterocycles. The molecule has 2 unspecified atom stereocenters. The summed E-state index contributed by atoms with van der Waals surface area (Å²) in [6.45, 7) is 6.65. The molecule has 78 valence electrons. The van der Waals surface area contributed by atoms with Crippen LogP contribution in [0.2, 0.25) is 0 Å². The Kier molecular flexibility index (Phi) is 6.59. The maximum Gasteiger partial charge on any atom is 0.222 e. The molecule has 13 heavy (non-hydrogen) atoms. The summed E-state index contributed by atoms with van der Waals surface area (Å²) in [6, 6.07) is 0. The van der Waals surface area contributed by atoms with Crippen LogP contribution in [0.5, 0.6) is 0 Å². The van der Waals surface area contributed by atoms with E-state index in [4.69, 9.17) is 5.11 Å². The minimum atomic E-state index is -0.538. The molecule has 0 aromatic heterocycles. The fourth-order valence-corrected chi connectivity index (χ4v) is 1.00. The van der Waals surface area contributed by atoms with Crippen LogP contribution >= 0.6 is 0 Å². The monoisotopic (exact) mass is 187 g/mol. The van der Waals surface area contributed by atoms with Gasteiger partial charge in [-0.05, 0) is 19.3 Å². The summed E-state index contributed by atoms with van der Waals surface area (Å²) >= 11 is 0. The van der Waals surface area contributed by atoms with E-state index in [-0.39, 0.29) is 12.3 Å². The van der Waals surface area contributed by atoms with Gasteiger partial charge in [-0.15, -0.1) is 0 Å². The van der Waals surface area contributed by atoms with E-state index in [2.05, 4.69) is 19.2 Å². The second-order valence-corrected chi connectivity index (χ2v) is 3.71. The average molecular weight is 187 g/mol. The number of carbonyl (C=O) groups excluding carboxylic acids is 1. The van der Waals surface area contributed by atoms with Gasteiger partial charge in [0.05, 0.1) is 12.5 Å². The van der Waals surface area contributed by atoms with Gasteiger partial charge in [0.1, 0.15) is 0 Å². The third-order valence-corrected chi connectivity index (χ3v) is 2.14. The molecule has 0 bridgehead atoms. The summed E-state index contributed by atoms with van der Waals surface area (Å²) in [7, 11) is 0. The van der Waals surface area contributed by atoms with Crippen molar-refractivity contribution in [2.24, 2.45) is 5.92 Å². The molecule has 0 saturated carbocycles. The van der Waals surface area contributed by atoms with Gasteiger partial charge in [-0.3, -0.25) is 4.79 Å².